The Balaban J connectivity index is 1.67. The third kappa shape index (κ3) is 4.17. The first-order chi connectivity index (χ1) is 17.3. The summed E-state index contributed by atoms with van der Waals surface area (Å²) in [6, 6.07) is 27.8. The molecule has 1 amide bonds. The lowest BCUT2D eigenvalue weighted by Gasteiger charge is -2.48. The number of nitrogens with one attached hydrogen (secondary N) is 1. The van der Waals surface area contributed by atoms with Crippen molar-refractivity contribution >= 4 is 28.0 Å². The molecule has 0 bridgehead atoms. The summed E-state index contributed by atoms with van der Waals surface area (Å²) >= 11 is 0.967. The number of aryl methyl sites for hydroxylation is 1. The van der Waals surface area contributed by atoms with E-state index in [-0.39, 0.29) is 5.16 Å². The number of tetrazole rings is 1. The summed E-state index contributed by atoms with van der Waals surface area (Å²) in [6.07, 6.45) is 0. The van der Waals surface area contributed by atoms with Crippen molar-refractivity contribution in [3.8, 4) is 0 Å². The second-order valence-corrected chi connectivity index (χ2v) is 10.5. The fourth-order valence-electron chi connectivity index (χ4n) is 4.41. The van der Waals surface area contributed by atoms with Gasteiger partial charge >= 0.3 is 10.3 Å². The van der Waals surface area contributed by atoms with Crippen molar-refractivity contribution in [3.63, 3.8) is 0 Å². The fourth-order valence-corrected chi connectivity index (χ4v) is 6.60. The van der Waals surface area contributed by atoms with Crippen LogP contribution in [-0.2, 0) is 27.7 Å². The van der Waals surface area contributed by atoms with Gasteiger partial charge in [-0.1, -0.05) is 103 Å². The number of amides is 1. The Hall–Kier alpha value is -3.58. The maximum atomic E-state index is 13.3. The molecular formula is C24H22N6O4S2. The van der Waals surface area contributed by atoms with E-state index in [1.165, 1.54) is 4.68 Å². The van der Waals surface area contributed by atoms with E-state index in [2.05, 4.69) is 20.8 Å². The third-order valence-electron chi connectivity index (χ3n) is 6.05. The van der Waals surface area contributed by atoms with Gasteiger partial charge in [0, 0.05) is 7.05 Å². The van der Waals surface area contributed by atoms with E-state index in [4.69, 9.17) is 0 Å². The summed E-state index contributed by atoms with van der Waals surface area (Å²) in [5.74, 6) is -0.780. The van der Waals surface area contributed by atoms with E-state index in [0.29, 0.717) is 4.31 Å². The van der Waals surface area contributed by atoms with E-state index >= 15 is 0 Å². The minimum absolute atomic E-state index is 0.290. The minimum atomic E-state index is -4.82. The number of thioether (sulfide) groups is 1. The molecular weight excluding hydrogens is 500 g/mol. The van der Waals surface area contributed by atoms with Crippen LogP contribution in [0.1, 0.15) is 16.7 Å². The molecule has 12 heteroatoms. The van der Waals surface area contributed by atoms with Gasteiger partial charge in [-0.25, -0.2) is 4.68 Å². The standard InChI is InChI=1S/C24H22N6O4S2/c1-29-23(26-27-28-29)35-22-20(21(31)30(22)36(32,33)34)25-24(17-11-5-2-6-12-17,18-13-7-3-8-14-18)19-15-9-4-10-16-19/h2-16,20,22,25H,1H3,(H,32,33,34)/t20-,22?/m1/s1. The van der Waals surface area contributed by atoms with Crippen molar-refractivity contribution in [1.29, 1.82) is 0 Å². The number of benzene rings is 3. The van der Waals surface area contributed by atoms with Crippen LogP contribution in [0.3, 0.4) is 0 Å². The van der Waals surface area contributed by atoms with Crippen molar-refractivity contribution in [2.45, 2.75) is 22.1 Å². The van der Waals surface area contributed by atoms with Gasteiger partial charge in [-0.05, 0) is 27.1 Å². The lowest BCUT2D eigenvalue weighted by molar-refractivity contribution is -0.139. The number of hydrogen-bond acceptors (Lipinski definition) is 8. The summed E-state index contributed by atoms with van der Waals surface area (Å²) in [6.45, 7) is 0. The molecule has 0 aliphatic carbocycles. The number of rotatable bonds is 8. The van der Waals surface area contributed by atoms with Gasteiger partial charge in [0.1, 0.15) is 11.4 Å². The third-order valence-corrected chi connectivity index (χ3v) is 8.37. The summed E-state index contributed by atoms with van der Waals surface area (Å²) in [5.41, 5.74) is 1.53. The maximum absolute atomic E-state index is 13.3. The van der Waals surface area contributed by atoms with Gasteiger partial charge in [-0.3, -0.25) is 14.7 Å². The molecule has 3 aromatic carbocycles. The Morgan fingerprint density at radius 2 is 1.36 bits per heavy atom. The molecule has 1 aromatic heterocycles. The average Bonchev–Trinajstić information content (AvgIpc) is 3.29. The van der Waals surface area contributed by atoms with E-state index in [0.717, 1.165) is 28.5 Å². The Bertz CT molecular complexity index is 1370. The van der Waals surface area contributed by atoms with Crippen molar-refractivity contribution in [2.75, 3.05) is 0 Å². The van der Waals surface area contributed by atoms with E-state index in [1.807, 2.05) is 91.0 Å². The van der Waals surface area contributed by atoms with Crippen LogP contribution in [0, 0.1) is 0 Å². The summed E-state index contributed by atoms with van der Waals surface area (Å²) in [4.78, 5) is 13.3. The van der Waals surface area contributed by atoms with Crippen molar-refractivity contribution in [3.05, 3.63) is 108 Å². The highest BCUT2D eigenvalue weighted by Gasteiger charge is 2.57. The van der Waals surface area contributed by atoms with Crippen LogP contribution in [0.15, 0.2) is 96.2 Å². The number of carbonyl (C=O) groups is 1. The predicted molar refractivity (Wildman–Crippen MR) is 133 cm³/mol. The lowest BCUT2D eigenvalue weighted by Crippen LogP contribution is -2.72. The Kier molecular flexibility index (Phi) is 6.35. The van der Waals surface area contributed by atoms with Crippen molar-refractivity contribution < 1.29 is 17.8 Å². The number of carbonyl (C=O) groups excluding carboxylic acids is 1. The average molecular weight is 523 g/mol. The van der Waals surface area contributed by atoms with Gasteiger partial charge in [0.2, 0.25) is 5.16 Å². The van der Waals surface area contributed by atoms with Gasteiger partial charge in [-0.15, -0.1) is 5.10 Å². The molecule has 184 valence electrons. The van der Waals surface area contributed by atoms with Crippen LogP contribution in [0.25, 0.3) is 0 Å². The molecule has 1 aliphatic rings. The molecule has 2 atom stereocenters. The zero-order valence-electron chi connectivity index (χ0n) is 19.0. The number of hydrogen-bond donors (Lipinski definition) is 2. The molecule has 1 fully saturated rings. The van der Waals surface area contributed by atoms with E-state index in [9.17, 15) is 17.8 Å². The fraction of sp³-hybridized carbons (Fsp3) is 0.167. The second kappa shape index (κ2) is 9.47. The van der Waals surface area contributed by atoms with Gasteiger partial charge in [0.05, 0.1) is 5.54 Å². The monoisotopic (exact) mass is 522 g/mol. The van der Waals surface area contributed by atoms with Crippen LogP contribution in [0.2, 0.25) is 0 Å². The van der Waals surface area contributed by atoms with E-state index < -0.39 is 33.2 Å². The molecule has 5 rings (SSSR count). The van der Waals surface area contributed by atoms with E-state index in [1.54, 1.807) is 7.05 Å². The molecule has 4 aromatic rings. The number of nitrogens with zero attached hydrogens (tertiary/aromatic N) is 5. The molecule has 2 N–H and O–H groups in total. The zero-order valence-corrected chi connectivity index (χ0v) is 20.7. The van der Waals surface area contributed by atoms with Crippen molar-refractivity contribution in [2.24, 2.45) is 7.05 Å². The zero-order chi connectivity index (χ0) is 25.3. The molecule has 10 nitrogen and oxygen atoms in total. The predicted octanol–water partition coefficient (Wildman–Crippen LogP) is 2.22. The van der Waals surface area contributed by atoms with Crippen LogP contribution in [-0.4, -0.2) is 54.8 Å². The maximum Gasteiger partial charge on any atom is 0.363 e. The largest absolute Gasteiger partial charge is 0.363 e. The van der Waals surface area contributed by atoms with Gasteiger partial charge < -0.3 is 0 Å². The molecule has 2 heterocycles. The van der Waals surface area contributed by atoms with Crippen LogP contribution >= 0.6 is 11.8 Å². The Morgan fingerprint density at radius 3 is 1.75 bits per heavy atom. The topological polar surface area (TPSA) is 130 Å². The molecule has 1 unspecified atom stereocenters. The Morgan fingerprint density at radius 1 is 0.889 bits per heavy atom. The molecule has 0 saturated carbocycles. The first kappa shape index (κ1) is 24.1. The summed E-state index contributed by atoms with van der Waals surface area (Å²) < 4.78 is 35.9. The Labute approximate surface area is 212 Å². The number of β-lactam (4-membered cyclic amide) rings is 1. The molecule has 36 heavy (non-hydrogen) atoms. The van der Waals surface area contributed by atoms with Gasteiger partial charge in [0.25, 0.3) is 5.91 Å². The van der Waals surface area contributed by atoms with Crippen molar-refractivity contribution in [1.82, 2.24) is 29.8 Å². The van der Waals surface area contributed by atoms with Crippen LogP contribution in [0.4, 0.5) is 0 Å². The van der Waals surface area contributed by atoms with Gasteiger partial charge in [-0.2, -0.15) is 12.7 Å². The first-order valence-corrected chi connectivity index (χ1v) is 13.2. The highest BCUT2D eigenvalue weighted by atomic mass is 32.2. The SMILES string of the molecule is Cn1nnnc1SC1[C@H](NC(c2ccccc2)(c2ccccc2)c2ccccc2)C(=O)N1S(=O)(=O)O. The van der Waals surface area contributed by atoms with Gasteiger partial charge in [0.15, 0.2) is 0 Å². The molecule has 1 saturated heterocycles. The molecule has 0 spiro atoms. The quantitative estimate of drug-likeness (QED) is 0.203. The highest BCUT2D eigenvalue weighted by molar-refractivity contribution is 8.00. The summed E-state index contributed by atoms with van der Waals surface area (Å²) in [5, 5.41) is 14.0. The molecule has 1 aliphatic heterocycles. The minimum Gasteiger partial charge on any atom is -0.286 e. The highest BCUT2D eigenvalue weighted by Crippen LogP contribution is 2.42. The smallest absolute Gasteiger partial charge is 0.286 e. The number of aromatic nitrogens is 4. The first-order valence-electron chi connectivity index (χ1n) is 11.0. The van der Waals surface area contributed by atoms with Crippen LogP contribution in [0.5, 0.6) is 0 Å². The normalized spacial score (nSPS) is 18.2. The second-order valence-electron chi connectivity index (χ2n) is 8.18. The lowest BCUT2D eigenvalue weighted by atomic mass is 9.76. The van der Waals surface area contributed by atoms with Crippen LogP contribution < -0.4 is 5.32 Å². The summed E-state index contributed by atoms with van der Waals surface area (Å²) in [7, 11) is -3.22. The molecule has 0 radical (unpaired) electrons.